The van der Waals surface area contributed by atoms with E-state index in [9.17, 15) is 9.90 Å². The van der Waals surface area contributed by atoms with Gasteiger partial charge in [-0.25, -0.2) is 4.98 Å². The lowest BCUT2D eigenvalue weighted by molar-refractivity contribution is 0.0753. The second kappa shape index (κ2) is 7.04. The minimum absolute atomic E-state index is 0.295. The Morgan fingerprint density at radius 3 is 2.83 bits per heavy atom. The van der Waals surface area contributed by atoms with Gasteiger partial charge in [-0.1, -0.05) is 17.4 Å². The second-order valence-electron chi connectivity index (χ2n) is 5.23. The van der Waals surface area contributed by atoms with Crippen molar-refractivity contribution in [2.45, 2.75) is 12.5 Å². The molecule has 3 rings (SSSR count). The van der Waals surface area contributed by atoms with Gasteiger partial charge in [0.2, 0.25) is 5.13 Å². The summed E-state index contributed by atoms with van der Waals surface area (Å²) in [6, 6.07) is 7.14. The summed E-state index contributed by atoms with van der Waals surface area (Å²) in [7, 11) is 0. The summed E-state index contributed by atoms with van der Waals surface area (Å²) in [6.45, 7) is 2.06. The third-order valence-electron chi connectivity index (χ3n) is 3.27. The van der Waals surface area contributed by atoms with E-state index < -0.39 is 5.60 Å². The molecule has 0 saturated carbocycles. The Morgan fingerprint density at radius 1 is 1.33 bits per heavy atom. The normalized spacial score (nSPS) is 13.2. The molecule has 0 aliphatic heterocycles. The molecular weight excluding hydrogens is 346 g/mol. The molecule has 1 amide bonds. The molecule has 0 radical (unpaired) electrons. The van der Waals surface area contributed by atoms with Crippen molar-refractivity contribution < 1.29 is 9.90 Å². The van der Waals surface area contributed by atoms with Crippen LogP contribution in [0.4, 0.5) is 10.9 Å². The summed E-state index contributed by atoms with van der Waals surface area (Å²) in [4.78, 5) is 17.1. The lowest BCUT2D eigenvalue weighted by atomic mass is 10.1. The molecular formula is C15H15N5O2S2. The van der Waals surface area contributed by atoms with Crippen molar-refractivity contribution in [1.29, 1.82) is 0 Å². The minimum atomic E-state index is -0.982. The van der Waals surface area contributed by atoms with E-state index in [0.29, 0.717) is 23.1 Å². The van der Waals surface area contributed by atoms with E-state index >= 15 is 0 Å². The summed E-state index contributed by atoms with van der Waals surface area (Å²) in [5.41, 5.74) is 0.977. The van der Waals surface area contributed by atoms with E-state index in [-0.39, 0.29) is 5.91 Å². The Labute approximate surface area is 146 Å². The standard InChI is InChI=1S/C15H15N5O2S2/c1-15(22,11-3-2-6-23-11)8-17-12-5-4-10(7-16-12)13(21)19-14-20-18-9-24-14/h2-7,9,22H,8H2,1H3,(H,16,17)(H,19,20,21). The zero-order chi connectivity index (χ0) is 17.0. The van der Waals surface area contributed by atoms with Crippen LogP contribution in [-0.4, -0.2) is 32.7 Å². The predicted molar refractivity (Wildman–Crippen MR) is 94.5 cm³/mol. The summed E-state index contributed by atoms with van der Waals surface area (Å²) >= 11 is 2.74. The largest absolute Gasteiger partial charge is 0.383 e. The van der Waals surface area contributed by atoms with Crippen LogP contribution in [0, 0.1) is 0 Å². The van der Waals surface area contributed by atoms with E-state index in [0.717, 1.165) is 4.88 Å². The summed E-state index contributed by atoms with van der Waals surface area (Å²) in [5.74, 6) is 0.288. The molecule has 0 aliphatic carbocycles. The number of aliphatic hydroxyl groups is 1. The number of rotatable bonds is 6. The Balaban J connectivity index is 1.59. The van der Waals surface area contributed by atoms with Crippen LogP contribution in [0.3, 0.4) is 0 Å². The predicted octanol–water partition coefficient (Wildman–Crippen LogP) is 2.57. The van der Waals surface area contributed by atoms with Gasteiger partial charge in [-0.3, -0.25) is 10.1 Å². The first-order valence-corrected chi connectivity index (χ1v) is 8.84. The molecule has 0 aliphatic rings. The Morgan fingerprint density at radius 2 is 2.21 bits per heavy atom. The van der Waals surface area contributed by atoms with Gasteiger partial charge in [0.05, 0.1) is 5.56 Å². The number of nitrogens with one attached hydrogen (secondary N) is 2. The quantitative estimate of drug-likeness (QED) is 0.624. The average molecular weight is 361 g/mol. The molecule has 24 heavy (non-hydrogen) atoms. The van der Waals surface area contributed by atoms with Crippen molar-refractivity contribution in [3.63, 3.8) is 0 Å². The zero-order valence-corrected chi connectivity index (χ0v) is 14.4. The number of hydrogen-bond donors (Lipinski definition) is 3. The number of nitrogens with zero attached hydrogens (tertiary/aromatic N) is 3. The van der Waals surface area contributed by atoms with Gasteiger partial charge in [-0.15, -0.1) is 21.5 Å². The van der Waals surface area contributed by atoms with Gasteiger partial charge in [0, 0.05) is 17.6 Å². The number of thiophene rings is 1. The molecule has 0 saturated heterocycles. The topological polar surface area (TPSA) is 100 Å². The van der Waals surface area contributed by atoms with Gasteiger partial charge < -0.3 is 10.4 Å². The van der Waals surface area contributed by atoms with Crippen LogP contribution in [0.25, 0.3) is 0 Å². The second-order valence-corrected chi connectivity index (χ2v) is 7.02. The highest BCUT2D eigenvalue weighted by molar-refractivity contribution is 7.13. The minimum Gasteiger partial charge on any atom is -0.383 e. The fourth-order valence-electron chi connectivity index (χ4n) is 1.96. The third kappa shape index (κ3) is 3.94. The molecule has 9 heteroatoms. The first-order valence-electron chi connectivity index (χ1n) is 7.08. The molecule has 0 fully saturated rings. The van der Waals surface area contributed by atoms with E-state index in [1.807, 2.05) is 17.5 Å². The van der Waals surface area contributed by atoms with Crippen LogP contribution in [0.15, 0.2) is 41.4 Å². The smallest absolute Gasteiger partial charge is 0.259 e. The van der Waals surface area contributed by atoms with Gasteiger partial charge in [0.25, 0.3) is 5.91 Å². The lowest BCUT2D eigenvalue weighted by Gasteiger charge is -2.22. The van der Waals surface area contributed by atoms with E-state index in [1.54, 1.807) is 24.6 Å². The number of aromatic nitrogens is 3. The van der Waals surface area contributed by atoms with Crippen molar-refractivity contribution in [3.8, 4) is 0 Å². The average Bonchev–Trinajstić information content (AvgIpc) is 3.27. The van der Waals surface area contributed by atoms with Crippen molar-refractivity contribution >= 4 is 39.5 Å². The number of hydrogen-bond acceptors (Lipinski definition) is 8. The summed E-state index contributed by atoms with van der Waals surface area (Å²) in [5, 5.41) is 26.0. The van der Waals surface area contributed by atoms with Gasteiger partial charge in [-0.2, -0.15) is 0 Å². The van der Waals surface area contributed by atoms with Crippen LogP contribution in [-0.2, 0) is 5.60 Å². The number of pyridine rings is 1. The number of anilines is 2. The van der Waals surface area contributed by atoms with E-state index in [4.69, 9.17) is 0 Å². The highest BCUT2D eigenvalue weighted by Gasteiger charge is 2.24. The number of carbonyl (C=O) groups is 1. The molecule has 1 atom stereocenters. The van der Waals surface area contributed by atoms with Crippen molar-refractivity contribution in [2.75, 3.05) is 17.2 Å². The Kier molecular flexibility index (Phi) is 4.84. The van der Waals surface area contributed by atoms with Crippen LogP contribution in [0.2, 0.25) is 0 Å². The fourth-order valence-corrected chi connectivity index (χ4v) is 3.19. The first-order chi connectivity index (χ1) is 11.5. The van der Waals surface area contributed by atoms with Gasteiger partial charge in [0.1, 0.15) is 16.9 Å². The zero-order valence-electron chi connectivity index (χ0n) is 12.8. The molecule has 0 spiro atoms. The highest BCUT2D eigenvalue weighted by atomic mass is 32.1. The molecule has 0 aromatic carbocycles. The maximum atomic E-state index is 12.0. The van der Waals surface area contributed by atoms with Crippen molar-refractivity contribution in [1.82, 2.24) is 15.2 Å². The van der Waals surface area contributed by atoms with Crippen LogP contribution in [0.1, 0.15) is 22.2 Å². The molecule has 3 N–H and O–H groups in total. The molecule has 7 nitrogen and oxygen atoms in total. The monoisotopic (exact) mass is 361 g/mol. The van der Waals surface area contributed by atoms with Gasteiger partial charge >= 0.3 is 0 Å². The Bertz CT molecular complexity index is 786. The fraction of sp³-hybridized carbons (Fsp3) is 0.200. The number of carbonyl (C=O) groups excluding carboxylic acids is 1. The highest BCUT2D eigenvalue weighted by Crippen LogP contribution is 2.25. The first kappa shape index (κ1) is 16.5. The number of amides is 1. The Hall–Kier alpha value is -2.36. The summed E-state index contributed by atoms with van der Waals surface area (Å²) in [6.07, 6.45) is 1.47. The molecule has 0 bridgehead atoms. The molecule has 124 valence electrons. The van der Waals surface area contributed by atoms with Crippen LogP contribution >= 0.6 is 22.7 Å². The lowest BCUT2D eigenvalue weighted by Crippen LogP contribution is -2.30. The van der Waals surface area contributed by atoms with Gasteiger partial charge in [0.15, 0.2) is 0 Å². The maximum Gasteiger partial charge on any atom is 0.259 e. The van der Waals surface area contributed by atoms with Crippen molar-refractivity contribution in [2.24, 2.45) is 0 Å². The molecule has 1 unspecified atom stereocenters. The third-order valence-corrected chi connectivity index (χ3v) is 5.00. The maximum absolute atomic E-state index is 12.0. The van der Waals surface area contributed by atoms with Gasteiger partial charge in [-0.05, 0) is 30.5 Å². The summed E-state index contributed by atoms with van der Waals surface area (Å²) < 4.78 is 0. The molecule has 3 heterocycles. The van der Waals surface area contributed by atoms with Crippen molar-refractivity contribution in [3.05, 3.63) is 51.8 Å². The van der Waals surface area contributed by atoms with Crippen LogP contribution < -0.4 is 10.6 Å². The van der Waals surface area contributed by atoms with E-state index in [2.05, 4.69) is 25.8 Å². The molecule has 3 aromatic rings. The van der Waals surface area contributed by atoms with E-state index in [1.165, 1.54) is 28.9 Å². The van der Waals surface area contributed by atoms with Crippen LogP contribution in [0.5, 0.6) is 0 Å². The SMILES string of the molecule is CC(O)(CNc1ccc(C(=O)Nc2nncs2)cn1)c1cccs1. The molecule has 3 aromatic heterocycles.